The third kappa shape index (κ3) is 1.86. The average molecular weight is 164 g/mol. The standard InChI is InChI=1S/C11H17N/c1-8-4-5-9(2)11(6-8)10(3)7-12/h4-6,10H,7,12H2,1-3H3/p+1/t10-/m0/s1. The van der Waals surface area contributed by atoms with Crippen molar-refractivity contribution in [1.29, 1.82) is 0 Å². The van der Waals surface area contributed by atoms with Gasteiger partial charge in [0.2, 0.25) is 0 Å². The Hall–Kier alpha value is -0.820. The van der Waals surface area contributed by atoms with Crippen molar-refractivity contribution in [3.8, 4) is 0 Å². The maximum absolute atomic E-state index is 3.93. The van der Waals surface area contributed by atoms with E-state index in [1.54, 1.807) is 0 Å². The van der Waals surface area contributed by atoms with E-state index in [9.17, 15) is 0 Å². The molecule has 0 radical (unpaired) electrons. The highest BCUT2D eigenvalue weighted by atomic mass is 14.5. The molecule has 1 nitrogen and oxygen atoms in total. The molecule has 0 unspecified atom stereocenters. The van der Waals surface area contributed by atoms with Gasteiger partial charge in [-0.2, -0.15) is 0 Å². The molecule has 3 N–H and O–H groups in total. The van der Waals surface area contributed by atoms with Crippen LogP contribution in [0.1, 0.15) is 29.5 Å². The number of hydrogen-bond acceptors (Lipinski definition) is 0. The van der Waals surface area contributed by atoms with Crippen molar-refractivity contribution < 1.29 is 5.73 Å². The molecule has 0 bridgehead atoms. The molecule has 0 heterocycles. The molecule has 66 valence electrons. The molecule has 1 rings (SSSR count). The summed E-state index contributed by atoms with van der Waals surface area (Å²) in [4.78, 5) is 0. The molecule has 0 amide bonds. The number of hydrogen-bond donors (Lipinski definition) is 1. The second-order valence-electron chi connectivity index (χ2n) is 3.55. The molecule has 0 fully saturated rings. The molecule has 0 aliphatic heterocycles. The molecule has 0 aromatic heterocycles. The Kier molecular flexibility index (Phi) is 2.88. The van der Waals surface area contributed by atoms with Gasteiger partial charge >= 0.3 is 0 Å². The maximum atomic E-state index is 3.93. The van der Waals surface area contributed by atoms with E-state index in [1.807, 2.05) is 0 Å². The minimum absolute atomic E-state index is 0.588. The van der Waals surface area contributed by atoms with Crippen LogP contribution in [0.5, 0.6) is 0 Å². The van der Waals surface area contributed by atoms with Crippen LogP contribution in [-0.4, -0.2) is 6.54 Å². The van der Waals surface area contributed by atoms with Crippen LogP contribution in [0.25, 0.3) is 0 Å². The first-order chi connectivity index (χ1) is 5.65. The Morgan fingerprint density at radius 2 is 2.00 bits per heavy atom. The van der Waals surface area contributed by atoms with Crippen molar-refractivity contribution >= 4 is 0 Å². The molecule has 0 saturated carbocycles. The average Bonchev–Trinajstić information content (AvgIpc) is 2.08. The Labute approximate surface area is 74.6 Å². The zero-order valence-electron chi connectivity index (χ0n) is 8.22. The van der Waals surface area contributed by atoms with E-state index in [1.165, 1.54) is 16.7 Å². The van der Waals surface area contributed by atoms with Crippen molar-refractivity contribution in [2.45, 2.75) is 26.7 Å². The molecule has 12 heavy (non-hydrogen) atoms. The largest absolute Gasteiger partial charge is 0.357 e. The van der Waals surface area contributed by atoms with Gasteiger partial charge < -0.3 is 5.73 Å². The Morgan fingerprint density at radius 1 is 1.33 bits per heavy atom. The summed E-state index contributed by atoms with van der Waals surface area (Å²) < 4.78 is 0. The van der Waals surface area contributed by atoms with Crippen LogP contribution < -0.4 is 5.73 Å². The van der Waals surface area contributed by atoms with Gasteiger partial charge in [-0.05, 0) is 25.0 Å². The fourth-order valence-corrected chi connectivity index (χ4v) is 1.45. The van der Waals surface area contributed by atoms with Crippen molar-refractivity contribution in [3.63, 3.8) is 0 Å². The van der Waals surface area contributed by atoms with Gasteiger partial charge in [-0.3, -0.25) is 0 Å². The van der Waals surface area contributed by atoms with Crippen LogP contribution >= 0.6 is 0 Å². The van der Waals surface area contributed by atoms with Crippen LogP contribution in [0.3, 0.4) is 0 Å². The molecule has 1 aromatic carbocycles. The molecule has 1 heteroatoms. The molecule has 0 spiro atoms. The van der Waals surface area contributed by atoms with E-state index < -0.39 is 0 Å². The SMILES string of the molecule is Cc1ccc(C)c([C@@H](C)C[NH3+])c1. The normalized spacial score (nSPS) is 13.0. The highest BCUT2D eigenvalue weighted by molar-refractivity contribution is 5.32. The number of rotatable bonds is 2. The number of quaternary nitrogens is 1. The van der Waals surface area contributed by atoms with Gasteiger partial charge in [0, 0.05) is 5.92 Å². The fraction of sp³-hybridized carbons (Fsp3) is 0.455. The minimum Gasteiger partial charge on any atom is -0.357 e. The Morgan fingerprint density at radius 3 is 2.58 bits per heavy atom. The van der Waals surface area contributed by atoms with Gasteiger partial charge in [0.15, 0.2) is 0 Å². The quantitative estimate of drug-likeness (QED) is 0.688. The first kappa shape index (κ1) is 9.27. The number of aryl methyl sites for hydroxylation is 2. The Bertz CT molecular complexity index is 266. The zero-order valence-corrected chi connectivity index (χ0v) is 8.22. The van der Waals surface area contributed by atoms with Gasteiger partial charge in [-0.15, -0.1) is 0 Å². The van der Waals surface area contributed by atoms with Crippen LogP contribution in [-0.2, 0) is 0 Å². The summed E-state index contributed by atoms with van der Waals surface area (Å²) in [5.41, 5.74) is 8.11. The van der Waals surface area contributed by atoms with E-state index in [4.69, 9.17) is 0 Å². The predicted octanol–water partition coefficient (Wildman–Crippen LogP) is 1.65. The first-order valence-corrected chi connectivity index (χ1v) is 4.51. The lowest BCUT2D eigenvalue weighted by Crippen LogP contribution is -2.52. The second kappa shape index (κ2) is 3.72. The van der Waals surface area contributed by atoms with Crippen LogP contribution in [0.4, 0.5) is 0 Å². The second-order valence-corrected chi connectivity index (χ2v) is 3.55. The monoisotopic (exact) mass is 164 g/mol. The summed E-state index contributed by atoms with van der Waals surface area (Å²) in [6.45, 7) is 7.51. The van der Waals surface area contributed by atoms with Crippen molar-refractivity contribution in [2.24, 2.45) is 0 Å². The molecule has 0 aliphatic carbocycles. The molecule has 1 aromatic rings. The van der Waals surface area contributed by atoms with E-state index >= 15 is 0 Å². The van der Waals surface area contributed by atoms with Gasteiger partial charge in [-0.25, -0.2) is 0 Å². The van der Waals surface area contributed by atoms with Crippen LogP contribution in [0, 0.1) is 13.8 Å². The third-order valence-electron chi connectivity index (χ3n) is 2.40. The molecule has 0 saturated heterocycles. The zero-order chi connectivity index (χ0) is 9.14. The smallest absolute Gasteiger partial charge is 0.0806 e. The summed E-state index contributed by atoms with van der Waals surface area (Å²) >= 11 is 0. The third-order valence-corrected chi connectivity index (χ3v) is 2.40. The lowest BCUT2D eigenvalue weighted by Gasteiger charge is -2.11. The van der Waals surface area contributed by atoms with Crippen LogP contribution in [0.2, 0.25) is 0 Å². The maximum Gasteiger partial charge on any atom is 0.0806 e. The highest BCUT2D eigenvalue weighted by Gasteiger charge is 2.07. The highest BCUT2D eigenvalue weighted by Crippen LogP contribution is 2.19. The first-order valence-electron chi connectivity index (χ1n) is 4.51. The van der Waals surface area contributed by atoms with E-state index in [2.05, 4.69) is 44.7 Å². The fourth-order valence-electron chi connectivity index (χ4n) is 1.45. The van der Waals surface area contributed by atoms with Gasteiger partial charge in [0.05, 0.1) is 6.54 Å². The molecule has 1 atom stereocenters. The summed E-state index contributed by atoms with van der Waals surface area (Å²) in [6.07, 6.45) is 0. The summed E-state index contributed by atoms with van der Waals surface area (Å²) in [5.74, 6) is 0.588. The van der Waals surface area contributed by atoms with E-state index in [0.717, 1.165) is 6.54 Å². The predicted molar refractivity (Wildman–Crippen MR) is 52.1 cm³/mol. The van der Waals surface area contributed by atoms with Gasteiger partial charge in [-0.1, -0.05) is 30.7 Å². The lowest BCUT2D eigenvalue weighted by molar-refractivity contribution is -0.371. The minimum atomic E-state index is 0.588. The summed E-state index contributed by atoms with van der Waals surface area (Å²) in [5, 5.41) is 0. The molecule has 0 aliphatic rings. The summed E-state index contributed by atoms with van der Waals surface area (Å²) in [7, 11) is 0. The van der Waals surface area contributed by atoms with Crippen LogP contribution in [0.15, 0.2) is 18.2 Å². The number of benzene rings is 1. The van der Waals surface area contributed by atoms with E-state index in [-0.39, 0.29) is 0 Å². The lowest BCUT2D eigenvalue weighted by atomic mass is 9.95. The molecular weight excluding hydrogens is 146 g/mol. The molecular formula is C11H18N+. The Balaban J connectivity index is 3.04. The van der Waals surface area contributed by atoms with E-state index in [0.29, 0.717) is 5.92 Å². The van der Waals surface area contributed by atoms with Gasteiger partial charge in [0.25, 0.3) is 0 Å². The van der Waals surface area contributed by atoms with Crippen molar-refractivity contribution in [1.82, 2.24) is 0 Å². The van der Waals surface area contributed by atoms with Crippen molar-refractivity contribution in [3.05, 3.63) is 34.9 Å². The summed E-state index contributed by atoms with van der Waals surface area (Å²) in [6, 6.07) is 6.62. The van der Waals surface area contributed by atoms with Gasteiger partial charge in [0.1, 0.15) is 0 Å². The topological polar surface area (TPSA) is 27.6 Å². The van der Waals surface area contributed by atoms with Crippen molar-refractivity contribution in [2.75, 3.05) is 6.54 Å².